The number of aliphatic carboxylic acids is 2. The number of rotatable bonds is 18. The van der Waals surface area contributed by atoms with E-state index in [9.17, 15) is 35.9 Å². The van der Waals surface area contributed by atoms with Crippen molar-refractivity contribution in [3.05, 3.63) is 0 Å². The van der Waals surface area contributed by atoms with Crippen molar-refractivity contribution in [3.8, 4) is 0 Å². The van der Waals surface area contributed by atoms with Crippen LogP contribution in [-0.4, -0.2) is 34.5 Å². The standard InChI is InChI=1S/C23H38F6O4/c1-3-5-7-9-11-17(13-15-19(30)31)21(22(24,25)26,23(27,28)29)18(14-16-20(32)33)12-10-8-6-4-2/h17-18H,3-16H2,1-2H3,(H,30,31)(H,32,33). The van der Waals surface area contributed by atoms with Crippen LogP contribution in [-0.2, 0) is 9.59 Å². The zero-order valence-electron chi connectivity index (χ0n) is 19.5. The smallest absolute Gasteiger partial charge is 0.403 e. The third-order valence-electron chi connectivity index (χ3n) is 6.45. The van der Waals surface area contributed by atoms with Crippen LogP contribution in [0.3, 0.4) is 0 Å². The van der Waals surface area contributed by atoms with Gasteiger partial charge < -0.3 is 10.2 Å². The molecule has 0 aliphatic carbocycles. The molecule has 0 bridgehead atoms. The number of hydrogen-bond donors (Lipinski definition) is 2. The largest absolute Gasteiger partial charge is 0.481 e. The molecule has 0 rings (SSSR count). The van der Waals surface area contributed by atoms with Crippen LogP contribution in [0, 0.1) is 17.3 Å². The highest BCUT2D eigenvalue weighted by atomic mass is 19.4. The zero-order valence-corrected chi connectivity index (χ0v) is 19.5. The molecule has 0 aromatic rings. The van der Waals surface area contributed by atoms with Crippen molar-refractivity contribution in [3.63, 3.8) is 0 Å². The van der Waals surface area contributed by atoms with Crippen molar-refractivity contribution in [1.82, 2.24) is 0 Å². The summed E-state index contributed by atoms with van der Waals surface area (Å²) in [4.78, 5) is 22.2. The Hall–Kier alpha value is -1.48. The second kappa shape index (κ2) is 14.7. The van der Waals surface area contributed by atoms with Crippen molar-refractivity contribution in [1.29, 1.82) is 0 Å². The highest BCUT2D eigenvalue weighted by Gasteiger charge is 2.75. The Balaban J connectivity index is 6.51. The first-order valence-electron chi connectivity index (χ1n) is 11.8. The van der Waals surface area contributed by atoms with Gasteiger partial charge in [-0.15, -0.1) is 0 Å². The van der Waals surface area contributed by atoms with E-state index in [0.717, 1.165) is 12.8 Å². The Morgan fingerprint density at radius 2 is 0.939 bits per heavy atom. The summed E-state index contributed by atoms with van der Waals surface area (Å²) in [7, 11) is 0. The summed E-state index contributed by atoms with van der Waals surface area (Å²) in [5, 5.41) is 18.0. The van der Waals surface area contributed by atoms with E-state index in [1.54, 1.807) is 0 Å². The minimum Gasteiger partial charge on any atom is -0.481 e. The average Bonchev–Trinajstić information content (AvgIpc) is 2.67. The predicted octanol–water partition coefficient (Wildman–Crippen LogP) is 8.00. The Labute approximate surface area is 192 Å². The molecule has 4 nitrogen and oxygen atoms in total. The fourth-order valence-corrected chi connectivity index (χ4v) is 4.85. The number of unbranched alkanes of at least 4 members (excludes halogenated alkanes) is 6. The normalized spacial score (nSPS) is 14.8. The molecule has 0 aromatic carbocycles. The molecular weight excluding hydrogens is 454 g/mol. The molecule has 33 heavy (non-hydrogen) atoms. The van der Waals surface area contributed by atoms with Crippen LogP contribution in [0.25, 0.3) is 0 Å². The summed E-state index contributed by atoms with van der Waals surface area (Å²) < 4.78 is 87.3. The fourth-order valence-electron chi connectivity index (χ4n) is 4.85. The van der Waals surface area contributed by atoms with Gasteiger partial charge in [-0.2, -0.15) is 26.3 Å². The molecule has 0 fully saturated rings. The van der Waals surface area contributed by atoms with E-state index in [2.05, 4.69) is 0 Å². The monoisotopic (exact) mass is 492 g/mol. The summed E-state index contributed by atoms with van der Waals surface area (Å²) >= 11 is 0. The minimum absolute atomic E-state index is 0.119. The molecular formula is C23H38F6O4. The number of hydrogen-bond acceptors (Lipinski definition) is 2. The highest BCUT2D eigenvalue weighted by molar-refractivity contribution is 5.67. The van der Waals surface area contributed by atoms with Gasteiger partial charge in [0.25, 0.3) is 0 Å². The summed E-state index contributed by atoms with van der Waals surface area (Å²) in [5.74, 6) is -6.90. The maximum atomic E-state index is 14.6. The maximum absolute atomic E-state index is 14.6. The molecule has 0 aliphatic heterocycles. The minimum atomic E-state index is -5.70. The van der Waals surface area contributed by atoms with Crippen molar-refractivity contribution in [2.75, 3.05) is 0 Å². The SMILES string of the molecule is CCCCCCC(CCC(=O)O)C(C(CCCCCC)CCC(=O)O)(C(F)(F)F)C(F)(F)F. The Bertz CT molecular complexity index is 524. The van der Waals surface area contributed by atoms with E-state index >= 15 is 0 Å². The number of halogens is 6. The van der Waals surface area contributed by atoms with E-state index < -0.39 is 80.1 Å². The van der Waals surface area contributed by atoms with Crippen LogP contribution in [0.4, 0.5) is 26.3 Å². The van der Waals surface area contributed by atoms with Crippen molar-refractivity contribution in [2.45, 2.75) is 116 Å². The third-order valence-corrected chi connectivity index (χ3v) is 6.45. The maximum Gasteiger partial charge on any atom is 0.403 e. The molecule has 2 atom stereocenters. The van der Waals surface area contributed by atoms with Crippen molar-refractivity contribution < 1.29 is 46.1 Å². The van der Waals surface area contributed by atoms with Gasteiger partial charge in [0.15, 0.2) is 5.41 Å². The first kappa shape index (κ1) is 31.5. The van der Waals surface area contributed by atoms with E-state index in [4.69, 9.17) is 10.2 Å². The highest BCUT2D eigenvalue weighted by Crippen LogP contribution is 2.63. The van der Waals surface area contributed by atoms with E-state index in [-0.39, 0.29) is 12.8 Å². The summed E-state index contributed by atoms with van der Waals surface area (Å²) in [6, 6.07) is 0. The van der Waals surface area contributed by atoms with Gasteiger partial charge in [0.05, 0.1) is 0 Å². The van der Waals surface area contributed by atoms with Crippen LogP contribution in [0.5, 0.6) is 0 Å². The van der Waals surface area contributed by atoms with Crippen LogP contribution in [0.15, 0.2) is 0 Å². The second-order valence-corrected chi connectivity index (χ2v) is 8.82. The molecule has 10 heteroatoms. The van der Waals surface area contributed by atoms with Gasteiger partial charge in [0.1, 0.15) is 0 Å². The van der Waals surface area contributed by atoms with Crippen LogP contribution >= 0.6 is 0 Å². The molecule has 0 saturated heterocycles. The van der Waals surface area contributed by atoms with Crippen molar-refractivity contribution in [2.24, 2.45) is 17.3 Å². The molecule has 0 radical (unpaired) electrons. The Kier molecular flexibility index (Phi) is 14.1. The fraction of sp³-hybridized carbons (Fsp3) is 0.913. The lowest BCUT2D eigenvalue weighted by Crippen LogP contribution is -2.59. The molecule has 2 unspecified atom stereocenters. The van der Waals surface area contributed by atoms with Gasteiger partial charge in [-0.1, -0.05) is 65.2 Å². The van der Waals surface area contributed by atoms with Gasteiger partial charge in [-0.3, -0.25) is 9.59 Å². The van der Waals surface area contributed by atoms with Crippen LogP contribution in [0.2, 0.25) is 0 Å². The molecule has 0 aromatic heterocycles. The molecule has 0 amide bonds. The summed E-state index contributed by atoms with van der Waals surface area (Å²) in [6.07, 6.45) is -11.5. The molecule has 0 aliphatic rings. The second-order valence-electron chi connectivity index (χ2n) is 8.82. The van der Waals surface area contributed by atoms with Crippen molar-refractivity contribution >= 4 is 11.9 Å². The van der Waals surface area contributed by atoms with E-state index in [1.165, 1.54) is 0 Å². The van der Waals surface area contributed by atoms with Gasteiger partial charge in [-0.05, 0) is 37.5 Å². The predicted molar refractivity (Wildman–Crippen MR) is 113 cm³/mol. The van der Waals surface area contributed by atoms with Gasteiger partial charge in [0.2, 0.25) is 0 Å². The lowest BCUT2D eigenvalue weighted by atomic mass is 9.59. The lowest BCUT2D eigenvalue weighted by Gasteiger charge is -2.48. The molecule has 2 N–H and O–H groups in total. The first-order chi connectivity index (χ1) is 15.3. The van der Waals surface area contributed by atoms with Crippen LogP contribution in [0.1, 0.15) is 104 Å². The number of carboxylic acid groups (broad SMARTS) is 2. The van der Waals surface area contributed by atoms with E-state index in [1.807, 2.05) is 13.8 Å². The summed E-state index contributed by atoms with van der Waals surface area (Å²) in [5.41, 5.74) is -4.15. The van der Waals surface area contributed by atoms with Gasteiger partial charge in [0, 0.05) is 12.8 Å². The Morgan fingerprint density at radius 3 is 1.18 bits per heavy atom. The molecule has 196 valence electrons. The number of carbonyl (C=O) groups is 2. The molecule has 0 saturated carbocycles. The third kappa shape index (κ3) is 9.73. The van der Waals surface area contributed by atoms with Gasteiger partial charge >= 0.3 is 24.3 Å². The number of carboxylic acids is 2. The van der Waals surface area contributed by atoms with Gasteiger partial charge in [-0.25, -0.2) is 0 Å². The lowest BCUT2D eigenvalue weighted by molar-refractivity contribution is -0.379. The summed E-state index contributed by atoms with van der Waals surface area (Å²) in [6.45, 7) is 3.71. The zero-order chi connectivity index (χ0) is 25.7. The first-order valence-corrected chi connectivity index (χ1v) is 11.8. The quantitative estimate of drug-likeness (QED) is 0.150. The molecule has 0 spiro atoms. The molecule has 0 heterocycles. The average molecular weight is 493 g/mol. The Morgan fingerprint density at radius 1 is 0.606 bits per heavy atom. The van der Waals surface area contributed by atoms with Crippen LogP contribution < -0.4 is 0 Å². The topological polar surface area (TPSA) is 74.6 Å². The van der Waals surface area contributed by atoms with E-state index in [0.29, 0.717) is 25.7 Å². The number of alkyl halides is 6.